The smallest absolute Gasteiger partial charge is 0.230 e. The SMILES string of the molecule is Cl.Cl.O=C(CSc1nc(-c2cccc(NCc3c[nH]cn3)c2)cs1)NC1CCN(Cc2ccc(Cl)c(Cl)c2)CC1. The lowest BCUT2D eigenvalue weighted by molar-refractivity contribution is -0.119. The fourth-order valence-electron chi connectivity index (χ4n) is 4.35. The normalized spacial score (nSPS) is 13.8. The van der Waals surface area contributed by atoms with E-state index < -0.39 is 0 Å². The summed E-state index contributed by atoms with van der Waals surface area (Å²) in [6.07, 6.45) is 5.42. The van der Waals surface area contributed by atoms with Crippen LogP contribution in [0.4, 0.5) is 5.69 Å². The van der Waals surface area contributed by atoms with Gasteiger partial charge < -0.3 is 15.6 Å². The number of amides is 1. The van der Waals surface area contributed by atoms with E-state index in [2.05, 4.69) is 31.6 Å². The molecular weight excluding hydrogens is 630 g/mol. The van der Waals surface area contributed by atoms with Crippen LogP contribution < -0.4 is 10.6 Å². The van der Waals surface area contributed by atoms with Crippen molar-refractivity contribution in [3.05, 3.63) is 81.7 Å². The number of nitrogens with zero attached hydrogens (tertiary/aromatic N) is 3. The summed E-state index contributed by atoms with van der Waals surface area (Å²) in [6, 6.07) is 14.2. The van der Waals surface area contributed by atoms with Crippen LogP contribution in [0, 0.1) is 0 Å². The molecule has 1 saturated heterocycles. The number of aromatic amines is 1. The molecule has 0 unspecified atom stereocenters. The Bertz CT molecular complexity index is 1360. The van der Waals surface area contributed by atoms with Crippen LogP contribution >= 0.6 is 71.1 Å². The van der Waals surface area contributed by atoms with Gasteiger partial charge in [0, 0.05) is 48.5 Å². The molecule has 0 spiro atoms. The highest BCUT2D eigenvalue weighted by Crippen LogP contribution is 2.30. The number of rotatable bonds is 10. The average Bonchev–Trinajstić information content (AvgIpc) is 3.62. The fourth-order valence-corrected chi connectivity index (χ4v) is 6.32. The van der Waals surface area contributed by atoms with Crippen LogP contribution in [0.5, 0.6) is 0 Å². The average molecular weight is 661 g/mol. The molecule has 214 valence electrons. The van der Waals surface area contributed by atoms with Gasteiger partial charge in [-0.3, -0.25) is 9.69 Å². The molecule has 0 saturated carbocycles. The largest absolute Gasteiger partial charge is 0.379 e. The van der Waals surface area contributed by atoms with Gasteiger partial charge in [0.05, 0.1) is 40.1 Å². The molecule has 0 aliphatic carbocycles. The first-order valence-corrected chi connectivity index (χ1v) is 15.0. The maximum absolute atomic E-state index is 12.6. The number of aromatic nitrogens is 3. The zero-order valence-electron chi connectivity index (χ0n) is 21.4. The Morgan fingerprint density at radius 2 is 1.95 bits per heavy atom. The first-order valence-electron chi connectivity index (χ1n) is 12.4. The topological polar surface area (TPSA) is 85.9 Å². The van der Waals surface area contributed by atoms with Crippen LogP contribution in [0.1, 0.15) is 24.1 Å². The van der Waals surface area contributed by atoms with Gasteiger partial charge in [0.2, 0.25) is 5.91 Å². The third kappa shape index (κ3) is 9.27. The zero-order chi connectivity index (χ0) is 26.3. The molecule has 2 aromatic carbocycles. The molecule has 40 heavy (non-hydrogen) atoms. The fraction of sp³-hybridized carbons (Fsp3) is 0.296. The lowest BCUT2D eigenvalue weighted by atomic mass is 10.0. The molecule has 7 nitrogen and oxygen atoms in total. The second-order valence-electron chi connectivity index (χ2n) is 9.15. The molecule has 1 aliphatic rings. The number of imidazole rings is 1. The van der Waals surface area contributed by atoms with Crippen LogP contribution in [0.2, 0.25) is 10.0 Å². The molecule has 1 amide bonds. The van der Waals surface area contributed by atoms with E-state index in [1.165, 1.54) is 11.8 Å². The van der Waals surface area contributed by atoms with Gasteiger partial charge in [-0.15, -0.1) is 36.2 Å². The predicted molar refractivity (Wildman–Crippen MR) is 172 cm³/mol. The molecule has 3 N–H and O–H groups in total. The van der Waals surface area contributed by atoms with Gasteiger partial charge in [0.1, 0.15) is 0 Å². The van der Waals surface area contributed by atoms with Crippen molar-refractivity contribution in [3.8, 4) is 11.3 Å². The van der Waals surface area contributed by atoms with E-state index in [9.17, 15) is 4.79 Å². The Morgan fingerprint density at radius 3 is 2.70 bits per heavy atom. The number of thioether (sulfide) groups is 1. The predicted octanol–water partition coefficient (Wildman–Crippen LogP) is 7.17. The Labute approximate surface area is 264 Å². The minimum Gasteiger partial charge on any atom is -0.379 e. The summed E-state index contributed by atoms with van der Waals surface area (Å²) in [5.41, 5.74) is 5.07. The highest BCUT2D eigenvalue weighted by atomic mass is 35.5. The molecule has 4 aromatic rings. The van der Waals surface area contributed by atoms with Gasteiger partial charge in [-0.05, 0) is 42.7 Å². The van der Waals surface area contributed by atoms with Crippen molar-refractivity contribution in [2.75, 3.05) is 24.2 Å². The van der Waals surface area contributed by atoms with Crippen LogP contribution in [0.25, 0.3) is 11.3 Å². The molecular formula is C27H30Cl4N6OS2. The number of carbonyl (C=O) groups is 1. The summed E-state index contributed by atoms with van der Waals surface area (Å²) in [7, 11) is 0. The van der Waals surface area contributed by atoms with Crippen molar-refractivity contribution in [2.24, 2.45) is 0 Å². The number of piperidine rings is 1. The number of hydrogen-bond acceptors (Lipinski definition) is 7. The van der Waals surface area contributed by atoms with Gasteiger partial charge in [0.25, 0.3) is 0 Å². The molecule has 3 heterocycles. The summed E-state index contributed by atoms with van der Waals surface area (Å²) >= 11 is 15.2. The number of likely N-dealkylation sites (tertiary alicyclic amines) is 1. The number of hydrogen-bond donors (Lipinski definition) is 3. The Balaban J connectivity index is 0.00000220. The maximum Gasteiger partial charge on any atom is 0.230 e. The number of H-pyrrole nitrogens is 1. The van der Waals surface area contributed by atoms with Crippen molar-refractivity contribution in [1.29, 1.82) is 0 Å². The van der Waals surface area contributed by atoms with Crippen molar-refractivity contribution in [1.82, 2.24) is 25.2 Å². The van der Waals surface area contributed by atoms with Crippen molar-refractivity contribution in [3.63, 3.8) is 0 Å². The van der Waals surface area contributed by atoms with Crippen LogP contribution in [-0.4, -0.2) is 50.6 Å². The molecule has 0 radical (unpaired) electrons. The van der Waals surface area contributed by atoms with Crippen molar-refractivity contribution >= 4 is 82.7 Å². The molecule has 0 atom stereocenters. The molecule has 1 aliphatic heterocycles. The number of halogens is 4. The van der Waals surface area contributed by atoms with Gasteiger partial charge in [-0.25, -0.2) is 9.97 Å². The second kappa shape index (κ2) is 15.9. The lowest BCUT2D eigenvalue weighted by Crippen LogP contribution is -2.44. The van der Waals surface area contributed by atoms with Crippen LogP contribution in [0.15, 0.2) is 64.7 Å². The van der Waals surface area contributed by atoms with E-state index in [1.54, 1.807) is 17.7 Å². The van der Waals surface area contributed by atoms with Crippen molar-refractivity contribution < 1.29 is 4.79 Å². The summed E-state index contributed by atoms with van der Waals surface area (Å²) in [5, 5.41) is 9.78. The standard InChI is InChI=1S/C27H28Cl2N6OS2.2ClH/c28-23-5-4-18(10-24(23)29)14-35-8-6-20(7-9-35)33-26(36)16-38-27-34-25(15-37-27)19-2-1-3-21(11-19)31-13-22-12-30-17-32-22;;/h1-5,10-12,15,17,20,31H,6-9,13-14,16H2,(H,30,32)(H,33,36);2*1H. The Kier molecular flexibility index (Phi) is 12.9. The first-order chi connectivity index (χ1) is 18.5. The molecule has 13 heteroatoms. The second-order valence-corrected chi connectivity index (χ2v) is 12.0. The highest BCUT2D eigenvalue weighted by Gasteiger charge is 2.21. The van der Waals surface area contributed by atoms with E-state index in [-0.39, 0.29) is 36.8 Å². The minimum atomic E-state index is 0. The van der Waals surface area contributed by atoms with Gasteiger partial charge >= 0.3 is 0 Å². The first kappa shape index (κ1) is 32.5. The number of nitrogens with one attached hydrogen (secondary N) is 3. The van der Waals surface area contributed by atoms with Crippen LogP contribution in [-0.2, 0) is 17.9 Å². The number of anilines is 1. The van der Waals surface area contributed by atoms with Crippen molar-refractivity contribution in [2.45, 2.75) is 36.3 Å². The Hall–Kier alpha value is -1.98. The lowest BCUT2D eigenvalue weighted by Gasteiger charge is -2.32. The molecule has 2 aromatic heterocycles. The number of benzene rings is 2. The maximum atomic E-state index is 12.6. The summed E-state index contributed by atoms with van der Waals surface area (Å²) in [6.45, 7) is 3.35. The van der Waals surface area contributed by atoms with Gasteiger partial charge in [0.15, 0.2) is 4.34 Å². The van der Waals surface area contributed by atoms with E-state index in [0.29, 0.717) is 22.3 Å². The van der Waals surface area contributed by atoms with E-state index >= 15 is 0 Å². The number of thiazole rings is 1. The van der Waals surface area contributed by atoms with Crippen LogP contribution in [0.3, 0.4) is 0 Å². The van der Waals surface area contributed by atoms with E-state index in [1.807, 2.05) is 48.0 Å². The zero-order valence-corrected chi connectivity index (χ0v) is 26.2. The van der Waals surface area contributed by atoms with Gasteiger partial charge in [-0.2, -0.15) is 0 Å². The molecule has 5 rings (SSSR count). The summed E-state index contributed by atoms with van der Waals surface area (Å²) in [4.78, 5) is 26.9. The highest BCUT2D eigenvalue weighted by molar-refractivity contribution is 8.01. The molecule has 1 fully saturated rings. The third-order valence-electron chi connectivity index (χ3n) is 6.34. The third-order valence-corrected chi connectivity index (χ3v) is 9.10. The minimum absolute atomic E-state index is 0. The summed E-state index contributed by atoms with van der Waals surface area (Å²) in [5.74, 6) is 0.418. The molecule has 0 bridgehead atoms. The quantitative estimate of drug-likeness (QED) is 0.157. The number of carbonyl (C=O) groups excluding carboxylic acids is 1. The van der Waals surface area contributed by atoms with E-state index in [4.69, 9.17) is 28.2 Å². The Morgan fingerprint density at radius 1 is 1.12 bits per heavy atom. The monoisotopic (exact) mass is 658 g/mol. The van der Waals surface area contributed by atoms with E-state index in [0.717, 1.165) is 65.0 Å². The summed E-state index contributed by atoms with van der Waals surface area (Å²) < 4.78 is 0.890. The van der Waals surface area contributed by atoms with Gasteiger partial charge in [-0.1, -0.05) is 53.2 Å².